The van der Waals surface area contributed by atoms with Crippen molar-refractivity contribution in [3.05, 3.63) is 82.0 Å². The van der Waals surface area contributed by atoms with E-state index < -0.39 is 10.9 Å². The maximum absolute atomic E-state index is 11.9. The molecule has 2 aromatic carbocycles. The molecule has 7 nitrogen and oxygen atoms in total. The van der Waals surface area contributed by atoms with Crippen LogP contribution >= 0.6 is 0 Å². The van der Waals surface area contributed by atoms with E-state index >= 15 is 0 Å². The van der Waals surface area contributed by atoms with E-state index in [9.17, 15) is 14.9 Å². The topological polar surface area (TPSA) is 95.5 Å². The Balaban J connectivity index is 1.60. The average Bonchev–Trinajstić information content (AvgIpc) is 3.10. The summed E-state index contributed by atoms with van der Waals surface area (Å²) in [5.41, 5.74) is 1.54. The molecule has 0 saturated carbocycles. The van der Waals surface area contributed by atoms with Gasteiger partial charge in [-0.1, -0.05) is 53.7 Å². The van der Waals surface area contributed by atoms with Gasteiger partial charge >= 0.3 is 5.97 Å². The van der Waals surface area contributed by atoms with Crippen molar-refractivity contribution < 1.29 is 19.0 Å². The van der Waals surface area contributed by atoms with E-state index in [1.807, 2.05) is 30.3 Å². The number of benzene rings is 2. The molecule has 0 unspecified atom stereocenters. The zero-order valence-corrected chi connectivity index (χ0v) is 13.1. The quantitative estimate of drug-likeness (QED) is 0.387. The summed E-state index contributed by atoms with van der Waals surface area (Å²) in [6.45, 7) is -0.0597. The van der Waals surface area contributed by atoms with Gasteiger partial charge in [0.25, 0.3) is 5.69 Å². The fourth-order valence-corrected chi connectivity index (χ4v) is 2.32. The average molecular weight is 338 g/mol. The summed E-state index contributed by atoms with van der Waals surface area (Å²) < 4.78 is 10.4. The fourth-order valence-electron chi connectivity index (χ4n) is 2.32. The molecule has 0 radical (unpaired) electrons. The van der Waals surface area contributed by atoms with Crippen LogP contribution in [0.25, 0.3) is 11.3 Å². The summed E-state index contributed by atoms with van der Waals surface area (Å²) in [6.07, 6.45) is -0.180. The van der Waals surface area contributed by atoms with Crippen molar-refractivity contribution in [1.29, 1.82) is 0 Å². The van der Waals surface area contributed by atoms with Crippen molar-refractivity contribution >= 4 is 11.7 Å². The molecular weight excluding hydrogens is 324 g/mol. The van der Waals surface area contributed by atoms with Gasteiger partial charge in [0.15, 0.2) is 5.76 Å². The summed E-state index contributed by atoms with van der Waals surface area (Å²) in [5.74, 6) is 0.00362. The lowest BCUT2D eigenvalue weighted by molar-refractivity contribution is -0.385. The van der Waals surface area contributed by atoms with Crippen LogP contribution in [0, 0.1) is 10.1 Å². The van der Waals surface area contributed by atoms with Crippen LogP contribution in [-0.4, -0.2) is 16.0 Å². The van der Waals surface area contributed by atoms with Crippen molar-refractivity contribution in [2.24, 2.45) is 0 Å². The minimum Gasteiger partial charge on any atom is -0.459 e. The van der Waals surface area contributed by atoms with Crippen LogP contribution in [0.5, 0.6) is 0 Å². The third-order valence-electron chi connectivity index (χ3n) is 3.52. The van der Waals surface area contributed by atoms with Gasteiger partial charge in [0.05, 0.1) is 11.3 Å². The zero-order chi connectivity index (χ0) is 17.6. The second-order valence-corrected chi connectivity index (χ2v) is 5.27. The lowest BCUT2D eigenvalue weighted by atomic mass is 10.1. The predicted octanol–water partition coefficient (Wildman–Crippen LogP) is 3.54. The number of hydrogen-bond donors (Lipinski definition) is 0. The second kappa shape index (κ2) is 7.39. The van der Waals surface area contributed by atoms with Crippen LogP contribution in [-0.2, 0) is 22.6 Å². The van der Waals surface area contributed by atoms with Gasteiger partial charge in [0, 0.05) is 23.3 Å². The van der Waals surface area contributed by atoms with E-state index in [-0.39, 0.29) is 18.7 Å². The summed E-state index contributed by atoms with van der Waals surface area (Å²) in [5, 5.41) is 14.8. The van der Waals surface area contributed by atoms with E-state index in [4.69, 9.17) is 9.26 Å². The number of para-hydroxylation sites is 1. The molecule has 3 aromatic rings. The zero-order valence-electron chi connectivity index (χ0n) is 13.1. The largest absolute Gasteiger partial charge is 0.459 e. The number of aromatic nitrogens is 1. The fraction of sp³-hybridized carbons (Fsp3) is 0.111. The molecule has 0 atom stereocenters. The molecule has 0 aliphatic heterocycles. The molecule has 3 rings (SSSR count). The number of carbonyl (C=O) groups is 1. The monoisotopic (exact) mass is 338 g/mol. The third-order valence-corrected chi connectivity index (χ3v) is 3.52. The summed E-state index contributed by atoms with van der Waals surface area (Å²) >= 11 is 0. The van der Waals surface area contributed by atoms with Gasteiger partial charge in [-0.05, 0) is 0 Å². The summed E-state index contributed by atoms with van der Waals surface area (Å²) in [6, 6.07) is 17.2. The molecule has 1 aromatic heterocycles. The number of esters is 1. The molecular formula is C18H14N2O5. The molecule has 0 aliphatic carbocycles. The molecule has 0 saturated heterocycles. The second-order valence-electron chi connectivity index (χ2n) is 5.27. The Kier molecular flexibility index (Phi) is 4.84. The van der Waals surface area contributed by atoms with Gasteiger partial charge < -0.3 is 9.26 Å². The molecule has 126 valence electrons. The van der Waals surface area contributed by atoms with Gasteiger partial charge in [0.2, 0.25) is 0 Å². The maximum Gasteiger partial charge on any atom is 0.310 e. The number of nitro groups is 1. The van der Waals surface area contributed by atoms with Crippen molar-refractivity contribution in [2.75, 3.05) is 0 Å². The highest BCUT2D eigenvalue weighted by Crippen LogP contribution is 2.21. The van der Waals surface area contributed by atoms with Crippen molar-refractivity contribution in [1.82, 2.24) is 5.16 Å². The van der Waals surface area contributed by atoms with Crippen LogP contribution in [0.2, 0.25) is 0 Å². The first kappa shape index (κ1) is 16.4. The number of nitrogens with zero attached hydrogens (tertiary/aromatic N) is 2. The molecule has 0 bridgehead atoms. The van der Waals surface area contributed by atoms with E-state index in [1.54, 1.807) is 18.2 Å². The van der Waals surface area contributed by atoms with Gasteiger partial charge in [-0.3, -0.25) is 14.9 Å². The maximum atomic E-state index is 11.9. The molecule has 0 spiro atoms. The number of carbonyl (C=O) groups excluding carboxylic acids is 1. The molecule has 1 heterocycles. The Morgan fingerprint density at radius 2 is 1.84 bits per heavy atom. The lowest BCUT2D eigenvalue weighted by Gasteiger charge is -2.03. The highest BCUT2D eigenvalue weighted by atomic mass is 16.6. The van der Waals surface area contributed by atoms with E-state index in [1.165, 1.54) is 12.1 Å². The Morgan fingerprint density at radius 3 is 2.60 bits per heavy atom. The molecule has 25 heavy (non-hydrogen) atoms. The first-order valence-electron chi connectivity index (χ1n) is 7.52. The van der Waals surface area contributed by atoms with E-state index in [0.29, 0.717) is 17.0 Å². The van der Waals surface area contributed by atoms with Crippen LogP contribution < -0.4 is 0 Å². The van der Waals surface area contributed by atoms with Gasteiger partial charge in [-0.25, -0.2) is 0 Å². The van der Waals surface area contributed by atoms with Crippen molar-refractivity contribution in [3.8, 4) is 11.3 Å². The molecule has 0 fully saturated rings. The SMILES string of the molecule is O=C(Cc1ccccc1[N+](=O)[O-])OCc1cc(-c2ccccc2)on1. The number of hydrogen-bond acceptors (Lipinski definition) is 6. The lowest BCUT2D eigenvalue weighted by Crippen LogP contribution is -2.09. The Bertz CT molecular complexity index is 889. The Hall–Kier alpha value is -3.48. The Labute approximate surface area is 143 Å². The van der Waals surface area contributed by atoms with Crippen LogP contribution in [0.1, 0.15) is 11.3 Å². The van der Waals surface area contributed by atoms with Crippen molar-refractivity contribution in [2.45, 2.75) is 13.0 Å². The Morgan fingerprint density at radius 1 is 1.12 bits per heavy atom. The highest BCUT2D eigenvalue weighted by Gasteiger charge is 2.17. The number of ether oxygens (including phenoxy) is 1. The van der Waals surface area contributed by atoms with E-state index in [2.05, 4.69) is 5.16 Å². The number of nitro benzene ring substituents is 1. The predicted molar refractivity (Wildman–Crippen MR) is 88.5 cm³/mol. The molecule has 0 N–H and O–H groups in total. The number of rotatable bonds is 6. The summed E-state index contributed by atoms with van der Waals surface area (Å²) in [4.78, 5) is 22.4. The van der Waals surface area contributed by atoms with E-state index in [0.717, 1.165) is 5.56 Å². The summed E-state index contributed by atoms with van der Waals surface area (Å²) in [7, 11) is 0. The van der Waals surface area contributed by atoms with Crippen molar-refractivity contribution in [3.63, 3.8) is 0 Å². The van der Waals surface area contributed by atoms with Crippen LogP contribution in [0.3, 0.4) is 0 Å². The normalized spacial score (nSPS) is 10.4. The van der Waals surface area contributed by atoms with Crippen LogP contribution in [0.4, 0.5) is 5.69 Å². The third kappa shape index (κ3) is 4.08. The van der Waals surface area contributed by atoms with Gasteiger partial charge in [-0.15, -0.1) is 0 Å². The highest BCUT2D eigenvalue weighted by molar-refractivity contribution is 5.74. The van der Waals surface area contributed by atoms with Crippen LogP contribution in [0.15, 0.2) is 65.2 Å². The minimum absolute atomic E-state index is 0.0597. The van der Waals surface area contributed by atoms with Gasteiger partial charge in [0.1, 0.15) is 12.3 Å². The standard InChI is InChI=1S/C18H14N2O5/c21-18(10-14-8-4-5-9-16(14)20(22)23)24-12-15-11-17(25-19-15)13-6-2-1-3-7-13/h1-9,11H,10,12H2. The minimum atomic E-state index is -0.571. The molecule has 0 aliphatic rings. The van der Waals surface area contributed by atoms with Gasteiger partial charge in [-0.2, -0.15) is 0 Å². The first-order valence-corrected chi connectivity index (χ1v) is 7.52. The smallest absolute Gasteiger partial charge is 0.310 e. The first-order chi connectivity index (χ1) is 12.1. The molecule has 7 heteroatoms. The molecule has 0 amide bonds.